The third-order valence-electron chi connectivity index (χ3n) is 4.33. The van der Waals surface area contributed by atoms with Crippen molar-refractivity contribution in [1.82, 2.24) is 20.2 Å². The number of hydrogen-bond donors (Lipinski definition) is 2. The molecule has 6 nitrogen and oxygen atoms in total. The van der Waals surface area contributed by atoms with Crippen molar-refractivity contribution in [1.29, 1.82) is 0 Å². The van der Waals surface area contributed by atoms with Gasteiger partial charge in [0.05, 0.1) is 12.6 Å². The highest BCUT2D eigenvalue weighted by Gasteiger charge is 2.48. The van der Waals surface area contributed by atoms with Gasteiger partial charge < -0.3 is 19.9 Å². The zero-order valence-electron chi connectivity index (χ0n) is 13.4. The number of nitrogens with one attached hydrogen (secondary N) is 2. The van der Waals surface area contributed by atoms with Crippen LogP contribution in [0.15, 0.2) is 17.4 Å². The molecule has 0 saturated heterocycles. The Hall–Kier alpha value is -0.830. The third-order valence-corrected chi connectivity index (χ3v) is 4.33. The van der Waals surface area contributed by atoms with Crippen LogP contribution in [0.5, 0.6) is 0 Å². The largest absolute Gasteiger partial charge is 0.381 e. The summed E-state index contributed by atoms with van der Waals surface area (Å²) in [6.07, 6.45) is 5.05. The molecule has 1 fully saturated rings. The highest BCUT2D eigenvalue weighted by Crippen LogP contribution is 2.42. The summed E-state index contributed by atoms with van der Waals surface area (Å²) >= 11 is 0. The van der Waals surface area contributed by atoms with Gasteiger partial charge in [-0.1, -0.05) is 13.8 Å². The monoisotopic (exact) mass is 407 g/mol. The number of aromatic nitrogens is 2. The second-order valence-corrected chi connectivity index (χ2v) is 5.86. The summed E-state index contributed by atoms with van der Waals surface area (Å²) in [4.78, 5) is 8.56. The van der Waals surface area contributed by atoms with Crippen LogP contribution in [0.25, 0.3) is 0 Å². The fourth-order valence-corrected chi connectivity index (χ4v) is 2.62. The van der Waals surface area contributed by atoms with Gasteiger partial charge >= 0.3 is 0 Å². The van der Waals surface area contributed by atoms with Crippen molar-refractivity contribution in [3.05, 3.63) is 18.2 Å². The zero-order valence-corrected chi connectivity index (χ0v) is 15.7. The topological polar surface area (TPSA) is 63.5 Å². The molecule has 1 aliphatic carbocycles. The SMILES string of the molecule is CN=C(NCc1nccn1C)NC1CC(OC)C1(C)C.I. The van der Waals surface area contributed by atoms with Crippen LogP contribution in [0.1, 0.15) is 26.1 Å². The minimum atomic E-state index is 0. The molecule has 0 aliphatic heterocycles. The molecule has 1 aromatic heterocycles. The second-order valence-electron chi connectivity index (χ2n) is 5.86. The van der Waals surface area contributed by atoms with Crippen molar-refractivity contribution in [3.8, 4) is 0 Å². The Labute approximate surface area is 143 Å². The molecule has 0 bridgehead atoms. The number of hydrogen-bond acceptors (Lipinski definition) is 3. The Morgan fingerprint density at radius 3 is 2.76 bits per heavy atom. The fraction of sp³-hybridized carbons (Fsp3) is 0.714. The zero-order chi connectivity index (χ0) is 14.8. The molecule has 1 saturated carbocycles. The lowest BCUT2D eigenvalue weighted by Crippen LogP contribution is -2.63. The molecule has 1 heterocycles. The molecule has 1 aliphatic rings. The average Bonchev–Trinajstić information content (AvgIpc) is 2.83. The predicted molar refractivity (Wildman–Crippen MR) is 94.9 cm³/mol. The first-order valence-electron chi connectivity index (χ1n) is 6.95. The van der Waals surface area contributed by atoms with Gasteiger partial charge in [-0.2, -0.15) is 0 Å². The van der Waals surface area contributed by atoms with E-state index in [4.69, 9.17) is 4.74 Å². The molecule has 0 amide bonds. The van der Waals surface area contributed by atoms with Crippen LogP contribution in [0.2, 0.25) is 0 Å². The van der Waals surface area contributed by atoms with Crippen LogP contribution in [0.3, 0.4) is 0 Å². The molecule has 2 atom stereocenters. The third kappa shape index (κ3) is 3.88. The number of aliphatic imine (C=N–C) groups is 1. The van der Waals surface area contributed by atoms with E-state index in [1.165, 1.54) is 0 Å². The first-order chi connectivity index (χ1) is 9.48. The van der Waals surface area contributed by atoms with Gasteiger partial charge in [-0.3, -0.25) is 4.99 Å². The van der Waals surface area contributed by atoms with E-state index in [9.17, 15) is 0 Å². The number of ether oxygens (including phenoxy) is 1. The van der Waals surface area contributed by atoms with Crippen molar-refractivity contribution in [2.45, 2.75) is 39.0 Å². The van der Waals surface area contributed by atoms with Crippen molar-refractivity contribution in [2.24, 2.45) is 17.5 Å². The van der Waals surface area contributed by atoms with Crippen LogP contribution < -0.4 is 10.6 Å². The quantitative estimate of drug-likeness (QED) is 0.452. The lowest BCUT2D eigenvalue weighted by atomic mass is 9.64. The number of guanidine groups is 1. The summed E-state index contributed by atoms with van der Waals surface area (Å²) in [6.45, 7) is 5.09. The van der Waals surface area contributed by atoms with E-state index in [0.717, 1.165) is 18.2 Å². The highest BCUT2D eigenvalue weighted by atomic mass is 127. The Morgan fingerprint density at radius 1 is 1.57 bits per heavy atom. The van der Waals surface area contributed by atoms with Gasteiger partial charge in [-0.25, -0.2) is 4.98 Å². The molecule has 0 spiro atoms. The summed E-state index contributed by atoms with van der Waals surface area (Å²) in [6, 6.07) is 0.375. The minimum absolute atomic E-state index is 0. The van der Waals surface area contributed by atoms with E-state index in [-0.39, 0.29) is 29.4 Å². The lowest BCUT2D eigenvalue weighted by molar-refractivity contribution is -0.0922. The van der Waals surface area contributed by atoms with Gasteiger partial charge in [0.25, 0.3) is 0 Å². The van der Waals surface area contributed by atoms with Crippen LogP contribution in [0, 0.1) is 5.41 Å². The predicted octanol–water partition coefficient (Wildman–Crippen LogP) is 1.52. The van der Waals surface area contributed by atoms with E-state index in [1.54, 1.807) is 20.4 Å². The fourth-order valence-electron chi connectivity index (χ4n) is 2.62. The van der Waals surface area contributed by atoms with Gasteiger partial charge in [0.1, 0.15) is 5.82 Å². The number of imidazole rings is 1. The van der Waals surface area contributed by atoms with Crippen molar-refractivity contribution < 1.29 is 4.74 Å². The molecule has 0 radical (unpaired) electrons. The number of aryl methyl sites for hydroxylation is 1. The van der Waals surface area contributed by atoms with E-state index < -0.39 is 0 Å². The molecule has 120 valence electrons. The van der Waals surface area contributed by atoms with E-state index in [1.807, 2.05) is 17.8 Å². The van der Waals surface area contributed by atoms with E-state index in [0.29, 0.717) is 18.7 Å². The van der Waals surface area contributed by atoms with Gasteiger partial charge in [0, 0.05) is 45.1 Å². The maximum Gasteiger partial charge on any atom is 0.191 e. The smallest absolute Gasteiger partial charge is 0.191 e. The van der Waals surface area contributed by atoms with Gasteiger partial charge in [0.15, 0.2) is 5.96 Å². The molecule has 2 N–H and O–H groups in total. The molecule has 7 heteroatoms. The van der Waals surface area contributed by atoms with E-state index >= 15 is 0 Å². The molecule has 1 aromatic rings. The number of rotatable bonds is 4. The maximum atomic E-state index is 5.47. The second kappa shape index (κ2) is 7.44. The first kappa shape index (κ1) is 18.2. The summed E-state index contributed by atoms with van der Waals surface area (Å²) in [7, 11) is 5.54. The summed E-state index contributed by atoms with van der Waals surface area (Å²) in [5.74, 6) is 1.79. The van der Waals surface area contributed by atoms with Crippen LogP contribution in [0.4, 0.5) is 0 Å². The average molecular weight is 407 g/mol. The van der Waals surface area contributed by atoms with Crippen LogP contribution >= 0.6 is 24.0 Å². The van der Waals surface area contributed by atoms with Crippen LogP contribution in [-0.4, -0.2) is 41.8 Å². The number of halogens is 1. The van der Waals surface area contributed by atoms with Gasteiger partial charge in [-0.15, -0.1) is 24.0 Å². The molecular formula is C14H26IN5O. The Bertz CT molecular complexity index is 485. The summed E-state index contributed by atoms with van der Waals surface area (Å²) in [5, 5.41) is 6.76. The molecular weight excluding hydrogens is 381 g/mol. The molecule has 21 heavy (non-hydrogen) atoms. The number of nitrogens with zero attached hydrogens (tertiary/aromatic N) is 3. The lowest BCUT2D eigenvalue weighted by Gasteiger charge is -2.51. The summed E-state index contributed by atoms with van der Waals surface area (Å²) < 4.78 is 7.46. The highest BCUT2D eigenvalue weighted by molar-refractivity contribution is 14.0. The molecule has 2 unspecified atom stereocenters. The van der Waals surface area contributed by atoms with Gasteiger partial charge in [0.2, 0.25) is 0 Å². The van der Waals surface area contributed by atoms with E-state index in [2.05, 4.69) is 34.5 Å². The Balaban J connectivity index is 0.00000220. The van der Waals surface area contributed by atoms with Crippen molar-refractivity contribution in [2.75, 3.05) is 14.2 Å². The molecule has 0 aromatic carbocycles. The normalized spacial score (nSPS) is 24.0. The standard InChI is InChI=1S/C14H25N5O.HI/c1-14(2)10(8-11(14)20-5)18-13(15-3)17-9-12-16-6-7-19(12)4;/h6-7,10-11H,8-9H2,1-5H3,(H2,15,17,18);1H. The summed E-state index contributed by atoms with van der Waals surface area (Å²) in [5.41, 5.74) is 0.121. The Kier molecular flexibility index (Phi) is 6.45. The van der Waals surface area contributed by atoms with Crippen molar-refractivity contribution in [3.63, 3.8) is 0 Å². The first-order valence-corrected chi connectivity index (χ1v) is 6.95. The number of methoxy groups -OCH3 is 1. The van der Waals surface area contributed by atoms with Crippen LogP contribution in [-0.2, 0) is 18.3 Å². The van der Waals surface area contributed by atoms with Gasteiger partial charge in [-0.05, 0) is 6.42 Å². The Morgan fingerprint density at radius 2 is 2.29 bits per heavy atom. The van der Waals surface area contributed by atoms with Crippen molar-refractivity contribution >= 4 is 29.9 Å². The maximum absolute atomic E-state index is 5.47. The minimum Gasteiger partial charge on any atom is -0.381 e. The molecule has 2 rings (SSSR count).